The lowest BCUT2D eigenvalue weighted by atomic mass is 10.2. The van der Waals surface area contributed by atoms with Gasteiger partial charge in [0.05, 0.1) is 23.7 Å². The van der Waals surface area contributed by atoms with Crippen LogP contribution in [0.3, 0.4) is 0 Å². The summed E-state index contributed by atoms with van der Waals surface area (Å²) < 4.78 is 41.8. The van der Waals surface area contributed by atoms with Gasteiger partial charge in [0.1, 0.15) is 11.5 Å². The van der Waals surface area contributed by atoms with E-state index in [0.717, 1.165) is 23.4 Å². The van der Waals surface area contributed by atoms with Crippen LogP contribution in [0, 0.1) is 5.82 Å². The molecule has 1 aliphatic heterocycles. The Hall–Kier alpha value is -3.11. The van der Waals surface area contributed by atoms with E-state index in [4.69, 9.17) is 0 Å². The number of nitrogens with one attached hydrogen (secondary N) is 1. The van der Waals surface area contributed by atoms with E-state index in [1.54, 1.807) is 9.58 Å². The van der Waals surface area contributed by atoms with Crippen LogP contribution < -0.4 is 4.72 Å². The van der Waals surface area contributed by atoms with Crippen molar-refractivity contribution in [1.29, 1.82) is 0 Å². The Kier molecular flexibility index (Phi) is 5.60. The second-order valence-electron chi connectivity index (χ2n) is 7.01. The van der Waals surface area contributed by atoms with Gasteiger partial charge in [0.15, 0.2) is 0 Å². The maximum atomic E-state index is 13.3. The quantitative estimate of drug-likeness (QED) is 0.645. The molecule has 1 saturated heterocycles. The molecule has 1 aliphatic rings. The number of hydrogen-bond acceptors (Lipinski definition) is 5. The first-order chi connectivity index (χ1) is 14.4. The molecule has 3 aromatic rings. The van der Waals surface area contributed by atoms with E-state index in [9.17, 15) is 17.6 Å². The summed E-state index contributed by atoms with van der Waals surface area (Å²) in [6, 6.07) is 14.3. The maximum absolute atomic E-state index is 13.3. The number of likely N-dealkylation sites (tertiary alicyclic amines) is 1. The van der Waals surface area contributed by atoms with Gasteiger partial charge >= 0.3 is 0 Å². The SMILES string of the molecule is O=C(CNS(=O)(=O)c1cccc(F)c1)N1CCC(n2cc(-c3ccccc3)nn2)C1. The summed E-state index contributed by atoms with van der Waals surface area (Å²) in [6.45, 7) is 0.516. The minimum absolute atomic E-state index is 0.0289. The Bertz CT molecular complexity index is 1150. The molecule has 0 radical (unpaired) electrons. The molecule has 2 aromatic carbocycles. The van der Waals surface area contributed by atoms with Crippen LogP contribution in [0.1, 0.15) is 12.5 Å². The highest BCUT2D eigenvalue weighted by Crippen LogP contribution is 2.23. The zero-order valence-electron chi connectivity index (χ0n) is 16.0. The van der Waals surface area contributed by atoms with Crippen LogP contribution in [0.25, 0.3) is 11.3 Å². The number of nitrogens with zero attached hydrogens (tertiary/aromatic N) is 4. The van der Waals surface area contributed by atoms with Gasteiger partial charge < -0.3 is 4.90 Å². The van der Waals surface area contributed by atoms with Crippen LogP contribution in [-0.2, 0) is 14.8 Å². The van der Waals surface area contributed by atoms with Crippen LogP contribution in [-0.4, -0.2) is 53.9 Å². The smallest absolute Gasteiger partial charge is 0.241 e. The van der Waals surface area contributed by atoms with E-state index < -0.39 is 22.4 Å². The minimum Gasteiger partial charge on any atom is -0.339 e. The zero-order chi connectivity index (χ0) is 21.1. The van der Waals surface area contributed by atoms with E-state index in [2.05, 4.69) is 15.0 Å². The molecule has 1 amide bonds. The van der Waals surface area contributed by atoms with Crippen molar-refractivity contribution in [3.8, 4) is 11.3 Å². The Balaban J connectivity index is 1.35. The predicted molar refractivity (Wildman–Crippen MR) is 107 cm³/mol. The van der Waals surface area contributed by atoms with Crippen LogP contribution in [0.4, 0.5) is 4.39 Å². The summed E-state index contributed by atoms with van der Waals surface area (Å²) in [6.07, 6.45) is 2.54. The highest BCUT2D eigenvalue weighted by atomic mass is 32.2. The molecule has 0 aliphatic carbocycles. The summed E-state index contributed by atoms with van der Waals surface area (Å²) in [5.74, 6) is -1.00. The predicted octanol–water partition coefficient (Wildman–Crippen LogP) is 1.84. The highest BCUT2D eigenvalue weighted by Gasteiger charge is 2.29. The van der Waals surface area contributed by atoms with Crippen molar-refractivity contribution in [3.05, 3.63) is 66.6 Å². The molecule has 4 rings (SSSR count). The van der Waals surface area contributed by atoms with E-state index in [1.807, 2.05) is 36.5 Å². The molecule has 2 heterocycles. The normalized spacial score (nSPS) is 16.7. The Morgan fingerprint density at radius 3 is 2.73 bits per heavy atom. The van der Waals surface area contributed by atoms with E-state index in [1.165, 1.54) is 12.1 Å². The molecule has 0 bridgehead atoms. The second-order valence-corrected chi connectivity index (χ2v) is 8.78. The Morgan fingerprint density at radius 2 is 1.97 bits per heavy atom. The fourth-order valence-corrected chi connectivity index (χ4v) is 4.37. The molecule has 8 nitrogen and oxygen atoms in total. The molecule has 1 unspecified atom stereocenters. The monoisotopic (exact) mass is 429 g/mol. The average Bonchev–Trinajstić information content (AvgIpc) is 3.42. The number of hydrogen-bond donors (Lipinski definition) is 1. The molecule has 156 valence electrons. The lowest BCUT2D eigenvalue weighted by Crippen LogP contribution is -2.39. The van der Waals surface area contributed by atoms with E-state index in [-0.39, 0.29) is 16.8 Å². The standard InChI is InChI=1S/C20H20FN5O3S/c21-16-7-4-8-18(11-16)30(28,29)22-12-20(27)25-10-9-17(13-25)26-14-19(23-24-26)15-5-2-1-3-6-15/h1-8,11,14,17,22H,9-10,12-13H2. The lowest BCUT2D eigenvalue weighted by Gasteiger charge is -2.17. The van der Waals surface area contributed by atoms with Crippen molar-refractivity contribution < 1.29 is 17.6 Å². The molecule has 1 aromatic heterocycles. The summed E-state index contributed by atoms with van der Waals surface area (Å²) >= 11 is 0. The van der Waals surface area contributed by atoms with Gasteiger partial charge in [0.25, 0.3) is 0 Å². The van der Waals surface area contributed by atoms with Crippen molar-refractivity contribution in [2.75, 3.05) is 19.6 Å². The van der Waals surface area contributed by atoms with Crippen molar-refractivity contribution in [2.24, 2.45) is 0 Å². The Morgan fingerprint density at radius 1 is 1.17 bits per heavy atom. The largest absolute Gasteiger partial charge is 0.339 e. The third kappa shape index (κ3) is 4.39. The van der Waals surface area contributed by atoms with Gasteiger partial charge in [-0.25, -0.2) is 22.2 Å². The molecule has 0 spiro atoms. The molecular formula is C20H20FN5O3S. The maximum Gasteiger partial charge on any atom is 0.241 e. The first-order valence-electron chi connectivity index (χ1n) is 9.43. The molecule has 1 fully saturated rings. The average molecular weight is 429 g/mol. The lowest BCUT2D eigenvalue weighted by molar-refractivity contribution is -0.129. The first-order valence-corrected chi connectivity index (χ1v) is 10.9. The number of sulfonamides is 1. The molecule has 1 atom stereocenters. The van der Waals surface area contributed by atoms with Crippen molar-refractivity contribution in [3.63, 3.8) is 0 Å². The number of benzene rings is 2. The molecular weight excluding hydrogens is 409 g/mol. The van der Waals surface area contributed by atoms with Crippen molar-refractivity contribution in [1.82, 2.24) is 24.6 Å². The van der Waals surface area contributed by atoms with Gasteiger partial charge in [0, 0.05) is 18.7 Å². The van der Waals surface area contributed by atoms with Gasteiger partial charge in [-0.1, -0.05) is 41.6 Å². The number of aromatic nitrogens is 3. The number of carbonyl (C=O) groups excluding carboxylic acids is 1. The van der Waals surface area contributed by atoms with Crippen LogP contribution in [0.15, 0.2) is 65.7 Å². The summed E-state index contributed by atoms with van der Waals surface area (Å²) in [4.78, 5) is 13.8. The van der Waals surface area contributed by atoms with E-state index in [0.29, 0.717) is 19.5 Å². The van der Waals surface area contributed by atoms with Gasteiger partial charge in [-0.15, -0.1) is 5.10 Å². The second kappa shape index (κ2) is 8.33. The molecule has 1 N–H and O–H groups in total. The molecule has 10 heteroatoms. The third-order valence-electron chi connectivity index (χ3n) is 4.99. The number of halogens is 1. The summed E-state index contributed by atoms with van der Waals surface area (Å²) in [5.41, 5.74) is 1.71. The van der Waals surface area contributed by atoms with Gasteiger partial charge in [-0.05, 0) is 24.6 Å². The van der Waals surface area contributed by atoms with Gasteiger partial charge in [-0.3, -0.25) is 4.79 Å². The van der Waals surface area contributed by atoms with Crippen LogP contribution in [0.2, 0.25) is 0 Å². The van der Waals surface area contributed by atoms with Crippen molar-refractivity contribution in [2.45, 2.75) is 17.4 Å². The van der Waals surface area contributed by atoms with Crippen LogP contribution in [0.5, 0.6) is 0 Å². The fraction of sp³-hybridized carbons (Fsp3) is 0.250. The van der Waals surface area contributed by atoms with E-state index >= 15 is 0 Å². The number of rotatable bonds is 6. The molecule has 0 saturated carbocycles. The van der Waals surface area contributed by atoms with Gasteiger partial charge in [-0.2, -0.15) is 0 Å². The van der Waals surface area contributed by atoms with Gasteiger partial charge in [0.2, 0.25) is 15.9 Å². The Labute approximate surface area is 173 Å². The summed E-state index contributed by atoms with van der Waals surface area (Å²) in [7, 11) is -3.97. The number of amides is 1. The summed E-state index contributed by atoms with van der Waals surface area (Å²) in [5, 5.41) is 8.38. The minimum atomic E-state index is -3.97. The third-order valence-corrected chi connectivity index (χ3v) is 6.39. The molecule has 30 heavy (non-hydrogen) atoms. The number of carbonyl (C=O) groups is 1. The fourth-order valence-electron chi connectivity index (χ4n) is 3.37. The van der Waals surface area contributed by atoms with Crippen molar-refractivity contribution >= 4 is 15.9 Å². The first kappa shape index (κ1) is 20.2. The highest BCUT2D eigenvalue weighted by molar-refractivity contribution is 7.89. The zero-order valence-corrected chi connectivity index (χ0v) is 16.8. The van der Waals surface area contributed by atoms with Crippen LogP contribution >= 0.6 is 0 Å². The topological polar surface area (TPSA) is 97.2 Å².